The van der Waals surface area contributed by atoms with Crippen molar-refractivity contribution in [3.05, 3.63) is 41.5 Å². The number of nitrogen functional groups attached to an aromatic ring is 1. The summed E-state index contributed by atoms with van der Waals surface area (Å²) in [6, 6.07) is 8.60. The number of aliphatic imine (C=N–C) groups is 1. The number of hydrogen-bond donors (Lipinski definition) is 1. The van der Waals surface area contributed by atoms with Crippen molar-refractivity contribution in [2.75, 3.05) is 25.5 Å². The highest BCUT2D eigenvalue weighted by Gasteiger charge is 2.19. The van der Waals surface area contributed by atoms with Crippen LogP contribution >= 0.6 is 0 Å². The van der Waals surface area contributed by atoms with E-state index in [9.17, 15) is 0 Å². The Labute approximate surface area is 129 Å². The largest absolute Gasteiger partial charge is 0.383 e. The summed E-state index contributed by atoms with van der Waals surface area (Å²) in [6.07, 6.45) is 5.97. The predicted octanol–water partition coefficient (Wildman–Crippen LogP) is 3.18. The molecule has 2 N–H and O–H groups in total. The highest BCUT2D eigenvalue weighted by molar-refractivity contribution is 5.92. The van der Waals surface area contributed by atoms with Crippen LogP contribution in [0, 0.1) is 0 Å². The Kier molecular flexibility index (Phi) is 3.39. The molecule has 0 unspecified atom stereocenters. The second-order valence-corrected chi connectivity index (χ2v) is 5.94. The first-order chi connectivity index (χ1) is 10.8. The summed E-state index contributed by atoms with van der Waals surface area (Å²) in [6.45, 7) is 2.38. The summed E-state index contributed by atoms with van der Waals surface area (Å²) in [5.41, 5.74) is 10.8. The molecule has 0 atom stereocenters. The fourth-order valence-electron chi connectivity index (χ4n) is 3.27. The van der Waals surface area contributed by atoms with Gasteiger partial charge in [0.2, 0.25) is 0 Å². The molecule has 0 aliphatic carbocycles. The van der Waals surface area contributed by atoms with Gasteiger partial charge in [-0.2, -0.15) is 0 Å². The Morgan fingerprint density at radius 2 is 2.00 bits per heavy atom. The predicted molar refractivity (Wildman–Crippen MR) is 90.3 cm³/mol. The lowest BCUT2D eigenvalue weighted by Gasteiger charge is -2.23. The van der Waals surface area contributed by atoms with Crippen molar-refractivity contribution in [3.63, 3.8) is 0 Å². The molecule has 22 heavy (non-hydrogen) atoms. The molecule has 2 aliphatic heterocycles. The van der Waals surface area contributed by atoms with E-state index in [1.54, 1.807) is 0 Å². The van der Waals surface area contributed by atoms with Gasteiger partial charge >= 0.3 is 0 Å². The maximum absolute atomic E-state index is 6.23. The quantitative estimate of drug-likeness (QED) is 0.925. The number of nitrogens with two attached hydrogens (primary N) is 1. The van der Waals surface area contributed by atoms with E-state index in [1.165, 1.54) is 16.7 Å². The van der Waals surface area contributed by atoms with Crippen LogP contribution in [0.5, 0.6) is 0 Å². The van der Waals surface area contributed by atoms with Gasteiger partial charge in [0.1, 0.15) is 5.82 Å². The first-order valence-corrected chi connectivity index (χ1v) is 7.78. The maximum Gasteiger partial charge on any atom is 0.127 e. The van der Waals surface area contributed by atoms with E-state index < -0.39 is 0 Å². The molecule has 4 rings (SSSR count). The van der Waals surface area contributed by atoms with Gasteiger partial charge in [-0.25, -0.2) is 4.98 Å². The highest BCUT2D eigenvalue weighted by Crippen LogP contribution is 2.33. The van der Waals surface area contributed by atoms with Gasteiger partial charge in [-0.1, -0.05) is 12.1 Å². The number of nitrogens with zero attached hydrogens (tertiary/aromatic N) is 2. The molecular formula is C18H19N3O. The number of pyridine rings is 1. The van der Waals surface area contributed by atoms with Crippen molar-refractivity contribution >= 4 is 28.5 Å². The number of allylic oxidation sites excluding steroid dienone is 1. The Morgan fingerprint density at radius 3 is 2.77 bits per heavy atom. The second kappa shape index (κ2) is 5.54. The monoisotopic (exact) mass is 293 g/mol. The summed E-state index contributed by atoms with van der Waals surface area (Å²) in [4.78, 5) is 8.89. The minimum atomic E-state index is 0.469. The van der Waals surface area contributed by atoms with E-state index >= 15 is 0 Å². The van der Waals surface area contributed by atoms with Gasteiger partial charge in [0, 0.05) is 24.8 Å². The lowest BCUT2D eigenvalue weighted by Crippen LogP contribution is -2.15. The third kappa shape index (κ3) is 2.40. The van der Waals surface area contributed by atoms with Gasteiger partial charge in [-0.05, 0) is 53.7 Å². The number of fused-ring (bicyclic) bond motifs is 1. The maximum atomic E-state index is 6.23. The molecule has 1 aromatic carbocycles. The minimum Gasteiger partial charge on any atom is -0.383 e. The SMILES string of the molecule is Nc1nc2cc(C3=CC=NC3)ccc2cc1C1CCOCC1. The van der Waals surface area contributed by atoms with Crippen molar-refractivity contribution in [1.82, 2.24) is 4.98 Å². The molecule has 3 heterocycles. The zero-order chi connectivity index (χ0) is 14.9. The lowest BCUT2D eigenvalue weighted by molar-refractivity contribution is 0.0854. The zero-order valence-electron chi connectivity index (χ0n) is 12.5. The second-order valence-electron chi connectivity index (χ2n) is 5.94. The molecule has 1 fully saturated rings. The molecule has 0 spiro atoms. The Bertz CT molecular complexity index is 773. The number of benzene rings is 1. The summed E-state index contributed by atoms with van der Waals surface area (Å²) in [5.74, 6) is 1.13. The minimum absolute atomic E-state index is 0.469. The van der Waals surface area contributed by atoms with E-state index in [4.69, 9.17) is 10.5 Å². The van der Waals surface area contributed by atoms with Crippen molar-refractivity contribution in [2.24, 2.45) is 4.99 Å². The number of ether oxygens (including phenoxy) is 1. The van der Waals surface area contributed by atoms with E-state index in [0.29, 0.717) is 11.7 Å². The molecule has 112 valence electrons. The van der Waals surface area contributed by atoms with Crippen LogP contribution < -0.4 is 5.73 Å². The molecule has 1 saturated heterocycles. The average Bonchev–Trinajstić information content (AvgIpc) is 3.09. The Hall–Kier alpha value is -2.20. The highest BCUT2D eigenvalue weighted by atomic mass is 16.5. The number of aromatic nitrogens is 1. The Balaban J connectivity index is 1.73. The summed E-state index contributed by atoms with van der Waals surface area (Å²) >= 11 is 0. The molecule has 0 amide bonds. The summed E-state index contributed by atoms with van der Waals surface area (Å²) in [5, 5.41) is 1.15. The third-order valence-electron chi connectivity index (χ3n) is 4.55. The van der Waals surface area contributed by atoms with Gasteiger partial charge in [-0.3, -0.25) is 4.99 Å². The van der Waals surface area contributed by atoms with Crippen LogP contribution in [0.3, 0.4) is 0 Å². The van der Waals surface area contributed by atoms with Crippen LogP contribution in [0.4, 0.5) is 5.82 Å². The van der Waals surface area contributed by atoms with E-state index in [-0.39, 0.29) is 0 Å². The molecule has 4 nitrogen and oxygen atoms in total. The first-order valence-electron chi connectivity index (χ1n) is 7.78. The van der Waals surface area contributed by atoms with Crippen LogP contribution in [0.15, 0.2) is 35.3 Å². The van der Waals surface area contributed by atoms with E-state index in [1.807, 2.05) is 6.21 Å². The van der Waals surface area contributed by atoms with Crippen LogP contribution in [0.25, 0.3) is 16.5 Å². The fraction of sp³-hybridized carbons (Fsp3) is 0.333. The molecule has 0 radical (unpaired) electrons. The molecule has 1 aromatic heterocycles. The van der Waals surface area contributed by atoms with E-state index in [0.717, 1.165) is 43.5 Å². The van der Waals surface area contributed by atoms with Crippen LogP contribution in [0.1, 0.15) is 29.9 Å². The van der Waals surface area contributed by atoms with Gasteiger partial charge in [0.15, 0.2) is 0 Å². The average molecular weight is 293 g/mol. The molecule has 2 aliphatic rings. The zero-order valence-corrected chi connectivity index (χ0v) is 12.5. The fourth-order valence-corrected chi connectivity index (χ4v) is 3.27. The van der Waals surface area contributed by atoms with Crippen molar-refractivity contribution in [3.8, 4) is 0 Å². The molecule has 0 saturated carbocycles. The van der Waals surface area contributed by atoms with Crippen molar-refractivity contribution in [1.29, 1.82) is 0 Å². The van der Waals surface area contributed by atoms with Crippen molar-refractivity contribution < 1.29 is 4.74 Å². The summed E-state index contributed by atoms with van der Waals surface area (Å²) in [7, 11) is 0. The van der Waals surface area contributed by atoms with Crippen LogP contribution in [-0.2, 0) is 4.74 Å². The third-order valence-corrected chi connectivity index (χ3v) is 4.55. The van der Waals surface area contributed by atoms with Gasteiger partial charge in [-0.15, -0.1) is 0 Å². The van der Waals surface area contributed by atoms with Gasteiger partial charge in [0.25, 0.3) is 0 Å². The number of rotatable bonds is 2. The van der Waals surface area contributed by atoms with Crippen molar-refractivity contribution in [2.45, 2.75) is 18.8 Å². The Morgan fingerprint density at radius 1 is 1.14 bits per heavy atom. The normalized spacial score (nSPS) is 18.8. The van der Waals surface area contributed by atoms with Crippen LogP contribution in [0.2, 0.25) is 0 Å². The number of hydrogen-bond acceptors (Lipinski definition) is 4. The lowest BCUT2D eigenvalue weighted by atomic mass is 9.91. The van der Waals surface area contributed by atoms with Crippen LogP contribution in [-0.4, -0.2) is 31.0 Å². The van der Waals surface area contributed by atoms with E-state index in [2.05, 4.69) is 40.3 Å². The molecular weight excluding hydrogens is 274 g/mol. The summed E-state index contributed by atoms with van der Waals surface area (Å²) < 4.78 is 5.44. The van der Waals surface area contributed by atoms with Gasteiger partial charge < -0.3 is 10.5 Å². The molecule has 0 bridgehead atoms. The molecule has 2 aromatic rings. The van der Waals surface area contributed by atoms with Gasteiger partial charge in [0.05, 0.1) is 12.1 Å². The standard InChI is InChI=1S/C18H19N3O/c19-18-16(12-4-7-22-8-5-12)9-14-2-1-13(10-17(14)21-18)15-3-6-20-11-15/h1-3,6,9-10,12H,4-5,7-8,11H2,(H2,19,21). The molecule has 4 heteroatoms. The topological polar surface area (TPSA) is 60.5 Å². The smallest absolute Gasteiger partial charge is 0.127 e. The number of anilines is 1. The first kappa shape index (κ1) is 13.5.